The lowest BCUT2D eigenvalue weighted by molar-refractivity contribution is 0.102. The molecule has 0 saturated carbocycles. The molecule has 4 N–H and O–H groups in total. The van der Waals surface area contributed by atoms with E-state index in [4.69, 9.17) is 22.7 Å². The molecule has 6 nitrogen and oxygen atoms in total. The minimum absolute atomic E-state index is 0.152. The molecule has 0 aliphatic heterocycles. The Kier molecular flexibility index (Phi) is 4.68. The quantitative estimate of drug-likeness (QED) is 0.727. The van der Waals surface area contributed by atoms with Crippen molar-refractivity contribution < 1.29 is 14.6 Å². The van der Waals surface area contributed by atoms with Crippen molar-refractivity contribution in [2.45, 2.75) is 0 Å². The van der Waals surface area contributed by atoms with Crippen LogP contribution in [0, 0.1) is 0 Å². The molecule has 1 amide bonds. The van der Waals surface area contributed by atoms with Crippen LogP contribution in [0.2, 0.25) is 0 Å². The van der Waals surface area contributed by atoms with Crippen LogP contribution in [-0.4, -0.2) is 27.6 Å². The van der Waals surface area contributed by atoms with Crippen molar-refractivity contribution in [3.63, 3.8) is 0 Å². The average molecular weight is 303 g/mol. The molecule has 0 unspecified atom stereocenters. The van der Waals surface area contributed by atoms with Gasteiger partial charge < -0.3 is 20.9 Å². The Balaban J connectivity index is 2.02. The van der Waals surface area contributed by atoms with Gasteiger partial charge in [-0.25, -0.2) is 0 Å². The van der Waals surface area contributed by atoms with E-state index in [-0.39, 0.29) is 22.9 Å². The fraction of sp³-hybridized carbons (Fsp3) is 0.0714. The molecule has 0 radical (unpaired) electrons. The monoisotopic (exact) mass is 303 g/mol. The van der Waals surface area contributed by atoms with Crippen LogP contribution in [0.1, 0.15) is 10.4 Å². The second kappa shape index (κ2) is 6.67. The predicted octanol–water partition coefficient (Wildman–Crippen LogP) is 1.70. The molecule has 0 saturated heterocycles. The Hall–Kier alpha value is -2.67. The number of rotatable bonds is 5. The van der Waals surface area contributed by atoms with Crippen LogP contribution in [0.5, 0.6) is 11.5 Å². The van der Waals surface area contributed by atoms with Crippen molar-refractivity contribution in [3.05, 3.63) is 48.3 Å². The van der Waals surface area contributed by atoms with Gasteiger partial charge in [-0.05, 0) is 30.3 Å². The normalized spacial score (nSPS) is 9.90. The predicted molar refractivity (Wildman–Crippen MR) is 82.6 cm³/mol. The number of aromatic nitrogens is 1. The first-order valence-electron chi connectivity index (χ1n) is 6.02. The summed E-state index contributed by atoms with van der Waals surface area (Å²) in [6, 6.07) is 8.14. The highest BCUT2D eigenvalue weighted by molar-refractivity contribution is 7.80. The molecule has 0 atom stereocenters. The number of carbonyl (C=O) groups excluding carboxylic acids is 1. The summed E-state index contributed by atoms with van der Waals surface area (Å²) in [7, 11) is 0. The van der Waals surface area contributed by atoms with Gasteiger partial charge >= 0.3 is 0 Å². The van der Waals surface area contributed by atoms with Gasteiger partial charge in [0.15, 0.2) is 0 Å². The summed E-state index contributed by atoms with van der Waals surface area (Å²) in [6.07, 6.45) is 2.64. The lowest BCUT2D eigenvalue weighted by Gasteiger charge is -2.08. The third kappa shape index (κ3) is 4.15. The van der Waals surface area contributed by atoms with E-state index in [2.05, 4.69) is 10.3 Å². The molecule has 1 aromatic heterocycles. The van der Waals surface area contributed by atoms with Gasteiger partial charge in [-0.2, -0.15) is 0 Å². The molecule has 7 heteroatoms. The first-order chi connectivity index (χ1) is 10.1. The number of thiocarbonyl (C=S) groups is 1. The molecule has 0 spiro atoms. The molecule has 0 aliphatic rings. The van der Waals surface area contributed by atoms with Crippen molar-refractivity contribution in [2.75, 3.05) is 11.9 Å². The van der Waals surface area contributed by atoms with Gasteiger partial charge in [0.1, 0.15) is 23.1 Å². The van der Waals surface area contributed by atoms with Crippen LogP contribution in [0.25, 0.3) is 0 Å². The van der Waals surface area contributed by atoms with Gasteiger partial charge in [-0.3, -0.25) is 9.78 Å². The Morgan fingerprint density at radius 3 is 2.67 bits per heavy atom. The lowest BCUT2D eigenvalue weighted by Crippen LogP contribution is -2.17. The molecule has 2 aromatic rings. The van der Waals surface area contributed by atoms with Gasteiger partial charge in [0.05, 0.1) is 11.8 Å². The fourth-order valence-electron chi connectivity index (χ4n) is 1.57. The number of hydrogen-bond donors (Lipinski definition) is 3. The number of ether oxygens (including phenoxy) is 1. The molecule has 21 heavy (non-hydrogen) atoms. The maximum absolute atomic E-state index is 12.0. The molecular weight excluding hydrogens is 290 g/mol. The minimum Gasteiger partial charge on any atom is -0.505 e. The van der Waals surface area contributed by atoms with Crippen molar-refractivity contribution in [3.8, 4) is 11.5 Å². The number of carbonyl (C=O) groups is 1. The largest absolute Gasteiger partial charge is 0.505 e. The maximum atomic E-state index is 12.0. The summed E-state index contributed by atoms with van der Waals surface area (Å²) in [5, 5.41) is 12.2. The minimum atomic E-state index is -0.424. The van der Waals surface area contributed by atoms with E-state index >= 15 is 0 Å². The highest BCUT2D eigenvalue weighted by Crippen LogP contribution is 2.19. The van der Waals surface area contributed by atoms with Crippen LogP contribution in [-0.2, 0) is 0 Å². The van der Waals surface area contributed by atoms with Crippen molar-refractivity contribution in [1.29, 1.82) is 0 Å². The topological polar surface area (TPSA) is 97.5 Å². The van der Waals surface area contributed by atoms with Crippen molar-refractivity contribution >= 4 is 28.8 Å². The summed E-state index contributed by atoms with van der Waals surface area (Å²) in [6.45, 7) is 0.159. The van der Waals surface area contributed by atoms with E-state index in [0.29, 0.717) is 11.4 Å². The smallest absolute Gasteiger partial charge is 0.259 e. The second-order valence-corrected chi connectivity index (χ2v) is 4.65. The number of aromatic hydroxyl groups is 1. The molecule has 1 aromatic carbocycles. The summed E-state index contributed by atoms with van der Waals surface area (Å²) in [4.78, 5) is 15.9. The van der Waals surface area contributed by atoms with Gasteiger partial charge in [-0.1, -0.05) is 12.2 Å². The van der Waals surface area contributed by atoms with E-state index in [0.717, 1.165) is 0 Å². The molecule has 0 aliphatic carbocycles. The number of nitrogens with two attached hydrogens (primary N) is 1. The SMILES string of the molecule is NC(=S)COc1ccc(NC(=O)c2ccncc2O)cc1. The van der Waals surface area contributed by atoms with Gasteiger partial charge in [0, 0.05) is 11.9 Å². The standard InChI is InChI=1S/C14H13N3O3S/c15-13(21)8-20-10-3-1-9(2-4-10)17-14(19)11-5-6-16-7-12(11)18/h1-7,18H,8H2,(H2,15,21)(H,17,19). The summed E-state index contributed by atoms with van der Waals surface area (Å²) in [5.74, 6) is -0.00864. The summed E-state index contributed by atoms with van der Waals surface area (Å²) >= 11 is 4.71. The number of benzene rings is 1. The third-order valence-electron chi connectivity index (χ3n) is 2.54. The van der Waals surface area contributed by atoms with Crippen LogP contribution in [0.4, 0.5) is 5.69 Å². The number of hydrogen-bond acceptors (Lipinski definition) is 5. The Bertz CT molecular complexity index is 659. The Morgan fingerprint density at radius 2 is 2.05 bits per heavy atom. The van der Waals surface area contributed by atoms with E-state index < -0.39 is 5.91 Å². The van der Waals surface area contributed by atoms with Gasteiger partial charge in [-0.15, -0.1) is 0 Å². The van der Waals surface area contributed by atoms with E-state index in [1.807, 2.05) is 0 Å². The van der Waals surface area contributed by atoms with Gasteiger partial charge in [0.25, 0.3) is 5.91 Å². The van der Waals surface area contributed by atoms with E-state index in [1.165, 1.54) is 18.5 Å². The third-order valence-corrected chi connectivity index (χ3v) is 2.66. The van der Waals surface area contributed by atoms with Crippen LogP contribution >= 0.6 is 12.2 Å². The van der Waals surface area contributed by atoms with E-state index in [1.54, 1.807) is 24.3 Å². The zero-order valence-electron chi connectivity index (χ0n) is 10.9. The number of nitrogens with zero attached hydrogens (tertiary/aromatic N) is 1. The molecule has 2 rings (SSSR count). The zero-order chi connectivity index (χ0) is 15.2. The number of anilines is 1. The number of amides is 1. The second-order valence-electron chi connectivity index (χ2n) is 4.13. The Labute approximate surface area is 126 Å². The number of pyridine rings is 1. The Morgan fingerprint density at radius 1 is 1.33 bits per heavy atom. The maximum Gasteiger partial charge on any atom is 0.259 e. The summed E-state index contributed by atoms with van der Waals surface area (Å²) in [5.41, 5.74) is 6.06. The van der Waals surface area contributed by atoms with Crippen molar-refractivity contribution in [1.82, 2.24) is 4.98 Å². The lowest BCUT2D eigenvalue weighted by atomic mass is 10.2. The molecule has 0 bridgehead atoms. The highest BCUT2D eigenvalue weighted by Gasteiger charge is 2.10. The molecule has 0 fully saturated rings. The van der Waals surface area contributed by atoms with Crippen LogP contribution in [0.15, 0.2) is 42.7 Å². The fourth-order valence-corrected chi connectivity index (χ4v) is 1.62. The van der Waals surface area contributed by atoms with Crippen molar-refractivity contribution in [2.24, 2.45) is 5.73 Å². The molecule has 1 heterocycles. The van der Waals surface area contributed by atoms with Gasteiger partial charge in [0.2, 0.25) is 0 Å². The first kappa shape index (κ1) is 14.7. The average Bonchev–Trinajstić information content (AvgIpc) is 2.47. The van der Waals surface area contributed by atoms with E-state index in [9.17, 15) is 9.90 Å². The first-order valence-corrected chi connectivity index (χ1v) is 6.42. The zero-order valence-corrected chi connectivity index (χ0v) is 11.8. The molecular formula is C14H13N3O3S. The van der Waals surface area contributed by atoms with Crippen LogP contribution in [0.3, 0.4) is 0 Å². The molecule has 108 valence electrons. The summed E-state index contributed by atoms with van der Waals surface area (Å²) < 4.78 is 5.30. The highest BCUT2D eigenvalue weighted by atomic mass is 32.1. The van der Waals surface area contributed by atoms with Crippen LogP contribution < -0.4 is 15.8 Å². The number of nitrogens with one attached hydrogen (secondary N) is 1.